The van der Waals surface area contributed by atoms with Crippen LogP contribution in [0.5, 0.6) is 5.75 Å². The first-order valence-corrected chi connectivity index (χ1v) is 9.58. The molecule has 0 bridgehead atoms. The average Bonchev–Trinajstić information content (AvgIpc) is 2.70. The predicted molar refractivity (Wildman–Crippen MR) is 107 cm³/mol. The number of ether oxygens (including phenoxy) is 1. The summed E-state index contributed by atoms with van der Waals surface area (Å²) in [4.78, 5) is 24.2. The third kappa shape index (κ3) is 6.50. The van der Waals surface area contributed by atoms with Crippen LogP contribution in [0.4, 0.5) is 13.2 Å². The molecule has 2 amide bonds. The lowest BCUT2D eigenvalue weighted by Gasteiger charge is -2.18. The smallest absolute Gasteiger partial charge is 0.416 e. The van der Waals surface area contributed by atoms with E-state index in [2.05, 4.69) is 10.6 Å². The minimum atomic E-state index is -4.45. The Labute approximate surface area is 173 Å². The Morgan fingerprint density at radius 2 is 1.53 bits per heavy atom. The molecule has 0 aromatic heterocycles. The Balaban J connectivity index is 1.78. The fourth-order valence-electron chi connectivity index (χ4n) is 2.73. The Kier molecular flexibility index (Phi) is 7.86. The van der Waals surface area contributed by atoms with E-state index >= 15 is 0 Å². The number of alkyl halides is 3. The molecule has 0 saturated carbocycles. The molecular weight excluding hydrogens is 397 g/mol. The highest BCUT2D eigenvalue weighted by atomic mass is 19.4. The number of carbonyl (C=O) groups excluding carboxylic acids is 2. The first-order chi connectivity index (χ1) is 14.1. The van der Waals surface area contributed by atoms with Crippen molar-refractivity contribution in [2.75, 3.05) is 13.1 Å². The van der Waals surface area contributed by atoms with Crippen LogP contribution in [-0.4, -0.2) is 31.0 Å². The SMILES string of the molecule is CC(Oc1ccccc1C(C)C)C(=O)NCCNC(=O)c1ccc(C(F)(F)F)cc1. The normalized spacial score (nSPS) is 12.4. The summed E-state index contributed by atoms with van der Waals surface area (Å²) in [7, 11) is 0. The molecule has 0 radical (unpaired) electrons. The van der Waals surface area contributed by atoms with Gasteiger partial charge in [0.1, 0.15) is 5.75 Å². The Hall–Kier alpha value is -3.03. The summed E-state index contributed by atoms with van der Waals surface area (Å²) in [5.74, 6) is 0.0353. The first kappa shape index (κ1) is 23.3. The standard InChI is InChI=1S/C22H25F3N2O3/c1-14(2)18-6-4-5-7-19(18)30-15(3)20(28)26-12-13-27-21(29)16-8-10-17(11-9-16)22(23,24)25/h4-11,14-15H,12-13H2,1-3H3,(H,26,28)(H,27,29). The zero-order valence-corrected chi connectivity index (χ0v) is 17.0. The molecule has 30 heavy (non-hydrogen) atoms. The summed E-state index contributed by atoms with van der Waals surface area (Å²) >= 11 is 0. The molecule has 2 aromatic carbocycles. The number of carbonyl (C=O) groups is 2. The van der Waals surface area contributed by atoms with Crippen molar-refractivity contribution in [1.82, 2.24) is 10.6 Å². The van der Waals surface area contributed by atoms with E-state index in [1.807, 2.05) is 38.1 Å². The Morgan fingerprint density at radius 1 is 0.933 bits per heavy atom. The largest absolute Gasteiger partial charge is 0.481 e. The molecule has 0 heterocycles. The van der Waals surface area contributed by atoms with Crippen molar-refractivity contribution >= 4 is 11.8 Å². The van der Waals surface area contributed by atoms with Crippen LogP contribution in [0, 0.1) is 0 Å². The van der Waals surface area contributed by atoms with Crippen LogP contribution in [0.15, 0.2) is 48.5 Å². The third-order valence-electron chi connectivity index (χ3n) is 4.40. The van der Waals surface area contributed by atoms with Gasteiger partial charge < -0.3 is 15.4 Å². The minimum Gasteiger partial charge on any atom is -0.481 e. The van der Waals surface area contributed by atoms with Crippen LogP contribution < -0.4 is 15.4 Å². The van der Waals surface area contributed by atoms with Crippen molar-refractivity contribution in [3.8, 4) is 5.75 Å². The molecule has 0 saturated heterocycles. The van der Waals surface area contributed by atoms with Gasteiger partial charge in [-0.3, -0.25) is 9.59 Å². The van der Waals surface area contributed by atoms with Gasteiger partial charge in [0.2, 0.25) is 0 Å². The number of rotatable bonds is 8. The van der Waals surface area contributed by atoms with Crippen molar-refractivity contribution in [2.24, 2.45) is 0 Å². The van der Waals surface area contributed by atoms with Gasteiger partial charge in [-0.15, -0.1) is 0 Å². The van der Waals surface area contributed by atoms with Crippen LogP contribution >= 0.6 is 0 Å². The maximum Gasteiger partial charge on any atom is 0.416 e. The Morgan fingerprint density at radius 3 is 2.13 bits per heavy atom. The Bertz CT molecular complexity index is 865. The molecular formula is C22H25F3N2O3. The van der Waals surface area contributed by atoms with E-state index in [0.29, 0.717) is 5.75 Å². The summed E-state index contributed by atoms with van der Waals surface area (Å²) < 4.78 is 43.4. The van der Waals surface area contributed by atoms with Gasteiger partial charge in [0.25, 0.3) is 11.8 Å². The zero-order valence-electron chi connectivity index (χ0n) is 17.0. The molecule has 2 rings (SSSR count). The van der Waals surface area contributed by atoms with Gasteiger partial charge >= 0.3 is 6.18 Å². The number of hydrogen-bond donors (Lipinski definition) is 2. The number of benzene rings is 2. The summed E-state index contributed by atoms with van der Waals surface area (Å²) in [5.41, 5.74) is 0.289. The summed E-state index contributed by atoms with van der Waals surface area (Å²) in [6.45, 7) is 5.98. The molecule has 1 atom stereocenters. The van der Waals surface area contributed by atoms with Crippen LogP contribution in [0.1, 0.15) is 48.2 Å². The fraction of sp³-hybridized carbons (Fsp3) is 0.364. The molecule has 0 spiro atoms. The molecule has 2 N–H and O–H groups in total. The summed E-state index contributed by atoms with van der Waals surface area (Å²) in [6.07, 6.45) is -5.18. The van der Waals surface area contributed by atoms with E-state index in [9.17, 15) is 22.8 Å². The highest BCUT2D eigenvalue weighted by Crippen LogP contribution is 2.29. The van der Waals surface area contributed by atoms with E-state index in [4.69, 9.17) is 4.74 Å². The molecule has 8 heteroatoms. The summed E-state index contributed by atoms with van der Waals surface area (Å²) in [5, 5.41) is 5.21. The van der Waals surface area contributed by atoms with Gasteiger partial charge in [-0.05, 0) is 48.7 Å². The van der Waals surface area contributed by atoms with E-state index in [0.717, 1.165) is 29.8 Å². The van der Waals surface area contributed by atoms with E-state index < -0.39 is 23.8 Å². The van der Waals surface area contributed by atoms with Crippen LogP contribution in [-0.2, 0) is 11.0 Å². The van der Waals surface area contributed by atoms with Crippen LogP contribution in [0.25, 0.3) is 0 Å². The molecule has 162 valence electrons. The number of hydrogen-bond acceptors (Lipinski definition) is 3. The van der Waals surface area contributed by atoms with Crippen molar-refractivity contribution < 1.29 is 27.5 Å². The van der Waals surface area contributed by atoms with Crippen molar-refractivity contribution in [2.45, 2.75) is 39.0 Å². The number of halogens is 3. The first-order valence-electron chi connectivity index (χ1n) is 9.58. The fourth-order valence-corrected chi connectivity index (χ4v) is 2.73. The van der Waals surface area contributed by atoms with Crippen molar-refractivity contribution in [3.05, 3.63) is 65.2 Å². The van der Waals surface area contributed by atoms with E-state index in [-0.39, 0.29) is 30.5 Å². The van der Waals surface area contributed by atoms with Crippen molar-refractivity contribution in [1.29, 1.82) is 0 Å². The molecule has 0 aliphatic carbocycles. The summed E-state index contributed by atoms with van der Waals surface area (Å²) in [6, 6.07) is 11.4. The second-order valence-corrected chi connectivity index (χ2v) is 7.07. The van der Waals surface area contributed by atoms with Crippen LogP contribution in [0.2, 0.25) is 0 Å². The van der Waals surface area contributed by atoms with Gasteiger partial charge in [-0.25, -0.2) is 0 Å². The van der Waals surface area contributed by atoms with Gasteiger partial charge in [0.15, 0.2) is 6.10 Å². The second kappa shape index (κ2) is 10.1. The molecule has 0 aliphatic rings. The topological polar surface area (TPSA) is 67.4 Å². The van der Waals surface area contributed by atoms with Crippen molar-refractivity contribution in [3.63, 3.8) is 0 Å². The van der Waals surface area contributed by atoms with Gasteiger partial charge in [0.05, 0.1) is 5.56 Å². The molecule has 5 nitrogen and oxygen atoms in total. The second-order valence-electron chi connectivity index (χ2n) is 7.07. The molecule has 0 aliphatic heterocycles. The zero-order chi connectivity index (χ0) is 22.3. The third-order valence-corrected chi connectivity index (χ3v) is 4.40. The van der Waals surface area contributed by atoms with Gasteiger partial charge in [0, 0.05) is 18.7 Å². The minimum absolute atomic E-state index is 0.108. The maximum atomic E-state index is 12.6. The van der Waals surface area contributed by atoms with E-state index in [1.54, 1.807) is 6.92 Å². The number of para-hydroxylation sites is 1. The van der Waals surface area contributed by atoms with Crippen LogP contribution in [0.3, 0.4) is 0 Å². The lowest BCUT2D eigenvalue weighted by molar-refractivity contribution is -0.137. The maximum absolute atomic E-state index is 12.6. The molecule has 0 fully saturated rings. The van der Waals surface area contributed by atoms with Gasteiger partial charge in [-0.1, -0.05) is 32.0 Å². The molecule has 2 aromatic rings. The molecule has 1 unspecified atom stereocenters. The highest BCUT2D eigenvalue weighted by molar-refractivity contribution is 5.94. The highest BCUT2D eigenvalue weighted by Gasteiger charge is 2.30. The monoisotopic (exact) mass is 422 g/mol. The average molecular weight is 422 g/mol. The van der Waals surface area contributed by atoms with E-state index in [1.165, 1.54) is 0 Å². The lowest BCUT2D eigenvalue weighted by atomic mass is 10.0. The number of amides is 2. The lowest BCUT2D eigenvalue weighted by Crippen LogP contribution is -2.40. The predicted octanol–water partition coefficient (Wildman–Crippen LogP) is 4.14. The number of nitrogens with one attached hydrogen (secondary N) is 2. The quantitative estimate of drug-likeness (QED) is 0.629. The van der Waals surface area contributed by atoms with Gasteiger partial charge in [-0.2, -0.15) is 13.2 Å².